The Morgan fingerprint density at radius 1 is 1.35 bits per heavy atom. The van der Waals surface area contributed by atoms with Crippen LogP contribution in [0.1, 0.15) is 30.0 Å². The molecule has 0 saturated carbocycles. The summed E-state index contributed by atoms with van der Waals surface area (Å²) >= 11 is 1.93. The van der Waals surface area contributed by atoms with Crippen molar-refractivity contribution in [1.29, 1.82) is 0 Å². The molecule has 0 radical (unpaired) electrons. The van der Waals surface area contributed by atoms with Crippen molar-refractivity contribution in [2.45, 2.75) is 39.4 Å². The van der Waals surface area contributed by atoms with Crippen molar-refractivity contribution in [2.75, 3.05) is 26.8 Å². The van der Waals surface area contributed by atoms with Gasteiger partial charge in [0.15, 0.2) is 0 Å². The third-order valence-electron chi connectivity index (χ3n) is 3.50. The maximum Gasteiger partial charge on any atom is 0.0673 e. The third-order valence-corrected chi connectivity index (χ3v) is 4.57. The molecule has 0 aromatic carbocycles. The quantitative estimate of drug-likeness (QED) is 0.782. The molecule has 0 spiro atoms. The molecule has 1 aromatic rings. The molecular formula is C16H26N2OS. The van der Waals surface area contributed by atoms with Crippen LogP contribution in [0.3, 0.4) is 0 Å². The largest absolute Gasteiger partial charge is 0.380 e. The van der Waals surface area contributed by atoms with Gasteiger partial charge < -0.3 is 10.1 Å². The van der Waals surface area contributed by atoms with Gasteiger partial charge >= 0.3 is 0 Å². The number of thiophene rings is 1. The molecule has 0 amide bonds. The van der Waals surface area contributed by atoms with Gasteiger partial charge in [-0.1, -0.05) is 19.9 Å². The summed E-state index contributed by atoms with van der Waals surface area (Å²) in [5.41, 5.74) is 1.44. The minimum atomic E-state index is 0.548. The maximum atomic E-state index is 5.19. The molecule has 1 N–H and O–H groups in total. The Bertz CT molecular complexity index is 439. The highest BCUT2D eigenvalue weighted by Gasteiger charge is 2.12. The number of ether oxygens (including phenoxy) is 1. The van der Waals surface area contributed by atoms with Crippen molar-refractivity contribution < 1.29 is 4.74 Å². The second kappa shape index (κ2) is 7.93. The highest BCUT2D eigenvalue weighted by atomic mass is 32.1. The summed E-state index contributed by atoms with van der Waals surface area (Å²) in [6, 6.07) is 5.08. The average molecular weight is 294 g/mol. The fourth-order valence-corrected chi connectivity index (χ4v) is 3.35. The highest BCUT2D eigenvalue weighted by molar-refractivity contribution is 7.11. The monoisotopic (exact) mass is 294 g/mol. The summed E-state index contributed by atoms with van der Waals surface area (Å²) < 4.78 is 5.19. The second-order valence-electron chi connectivity index (χ2n) is 5.68. The third kappa shape index (κ3) is 5.02. The van der Waals surface area contributed by atoms with Crippen LogP contribution in [-0.4, -0.2) is 37.7 Å². The van der Waals surface area contributed by atoms with E-state index in [1.165, 1.54) is 15.3 Å². The van der Waals surface area contributed by atoms with Crippen LogP contribution in [0.4, 0.5) is 0 Å². The zero-order valence-electron chi connectivity index (χ0n) is 12.8. The van der Waals surface area contributed by atoms with Crippen molar-refractivity contribution in [3.8, 4) is 0 Å². The van der Waals surface area contributed by atoms with Gasteiger partial charge in [0, 0.05) is 49.1 Å². The van der Waals surface area contributed by atoms with Crippen molar-refractivity contribution in [3.05, 3.63) is 33.5 Å². The first-order chi connectivity index (χ1) is 9.67. The summed E-state index contributed by atoms with van der Waals surface area (Å²) in [5, 5.41) is 3.47. The normalized spacial score (nSPS) is 16.7. The number of rotatable bonds is 7. The van der Waals surface area contributed by atoms with Crippen LogP contribution in [0.5, 0.6) is 0 Å². The van der Waals surface area contributed by atoms with Gasteiger partial charge in [0.25, 0.3) is 0 Å². The predicted octanol–water partition coefficient (Wildman–Crippen LogP) is 3.02. The van der Waals surface area contributed by atoms with Gasteiger partial charge in [-0.2, -0.15) is 0 Å². The molecule has 0 aliphatic carbocycles. The minimum Gasteiger partial charge on any atom is -0.380 e. The lowest BCUT2D eigenvalue weighted by Gasteiger charge is -2.25. The zero-order chi connectivity index (χ0) is 14.4. The van der Waals surface area contributed by atoms with Gasteiger partial charge in [-0.05, 0) is 24.1 Å². The van der Waals surface area contributed by atoms with Crippen LogP contribution in [0, 0.1) is 0 Å². The van der Waals surface area contributed by atoms with Crippen LogP contribution in [0.25, 0.3) is 0 Å². The molecule has 2 rings (SSSR count). The number of nitrogens with one attached hydrogen (secondary N) is 1. The topological polar surface area (TPSA) is 24.5 Å². The van der Waals surface area contributed by atoms with E-state index in [-0.39, 0.29) is 0 Å². The SMILES string of the molecule is COCC1=CCN(Cc2ccc(CNC(C)C)s2)CC1. The summed E-state index contributed by atoms with van der Waals surface area (Å²) in [5.74, 6) is 0. The number of methoxy groups -OCH3 is 1. The Labute approximate surface area is 126 Å². The van der Waals surface area contributed by atoms with Crippen LogP contribution < -0.4 is 5.32 Å². The Morgan fingerprint density at radius 3 is 2.80 bits per heavy atom. The Kier molecular flexibility index (Phi) is 6.23. The van der Waals surface area contributed by atoms with Crippen LogP contribution in [0.2, 0.25) is 0 Å². The lowest BCUT2D eigenvalue weighted by molar-refractivity contribution is 0.210. The van der Waals surface area contributed by atoms with Gasteiger partial charge in [0.1, 0.15) is 0 Å². The molecule has 0 bridgehead atoms. The lowest BCUT2D eigenvalue weighted by Crippen LogP contribution is -2.28. The smallest absolute Gasteiger partial charge is 0.0673 e. The van der Waals surface area contributed by atoms with E-state index in [4.69, 9.17) is 4.74 Å². The van der Waals surface area contributed by atoms with Gasteiger partial charge in [-0.15, -0.1) is 11.3 Å². The first kappa shape index (κ1) is 15.7. The Balaban J connectivity index is 1.79. The van der Waals surface area contributed by atoms with E-state index in [0.29, 0.717) is 6.04 Å². The standard InChI is InChI=1S/C16H26N2OS/c1-13(2)17-10-15-4-5-16(20-15)11-18-8-6-14(7-9-18)12-19-3/h4-6,13,17H,7-12H2,1-3H3. The van der Waals surface area contributed by atoms with E-state index >= 15 is 0 Å². The maximum absolute atomic E-state index is 5.19. The van der Waals surface area contributed by atoms with Gasteiger partial charge in [0.05, 0.1) is 6.61 Å². The molecule has 0 saturated heterocycles. The molecule has 1 aliphatic heterocycles. The predicted molar refractivity (Wildman–Crippen MR) is 86.1 cm³/mol. The highest BCUT2D eigenvalue weighted by Crippen LogP contribution is 2.20. The van der Waals surface area contributed by atoms with Gasteiger partial charge in [-0.3, -0.25) is 4.90 Å². The summed E-state index contributed by atoms with van der Waals surface area (Å²) in [4.78, 5) is 5.40. The average Bonchev–Trinajstić information content (AvgIpc) is 2.87. The molecule has 20 heavy (non-hydrogen) atoms. The van der Waals surface area contributed by atoms with Crippen molar-refractivity contribution in [1.82, 2.24) is 10.2 Å². The van der Waals surface area contributed by atoms with Crippen LogP contribution >= 0.6 is 11.3 Å². The first-order valence-electron chi connectivity index (χ1n) is 7.37. The zero-order valence-corrected chi connectivity index (χ0v) is 13.6. The van der Waals surface area contributed by atoms with E-state index in [9.17, 15) is 0 Å². The van der Waals surface area contributed by atoms with Crippen molar-refractivity contribution >= 4 is 11.3 Å². The van der Waals surface area contributed by atoms with Crippen molar-refractivity contribution in [3.63, 3.8) is 0 Å². The van der Waals surface area contributed by atoms with E-state index in [0.717, 1.165) is 39.2 Å². The van der Waals surface area contributed by atoms with E-state index in [2.05, 4.69) is 42.3 Å². The number of hydrogen-bond donors (Lipinski definition) is 1. The minimum absolute atomic E-state index is 0.548. The molecule has 0 atom stereocenters. The fourth-order valence-electron chi connectivity index (χ4n) is 2.34. The molecule has 0 fully saturated rings. The Hall–Kier alpha value is -0.680. The van der Waals surface area contributed by atoms with E-state index < -0.39 is 0 Å². The van der Waals surface area contributed by atoms with Crippen LogP contribution in [0.15, 0.2) is 23.8 Å². The lowest BCUT2D eigenvalue weighted by atomic mass is 10.1. The Morgan fingerprint density at radius 2 is 2.15 bits per heavy atom. The molecule has 2 heterocycles. The second-order valence-corrected chi connectivity index (χ2v) is 6.94. The summed E-state index contributed by atoms with van der Waals surface area (Å²) in [7, 11) is 1.77. The summed E-state index contributed by atoms with van der Waals surface area (Å²) in [6.07, 6.45) is 3.46. The molecular weight excluding hydrogens is 268 g/mol. The van der Waals surface area contributed by atoms with Crippen molar-refractivity contribution in [2.24, 2.45) is 0 Å². The summed E-state index contributed by atoms with van der Waals surface area (Å²) in [6.45, 7) is 9.42. The van der Waals surface area contributed by atoms with E-state index in [1.807, 2.05) is 11.3 Å². The fraction of sp³-hybridized carbons (Fsp3) is 0.625. The molecule has 4 heteroatoms. The molecule has 1 aromatic heterocycles. The molecule has 1 aliphatic rings. The van der Waals surface area contributed by atoms with Crippen LogP contribution in [-0.2, 0) is 17.8 Å². The number of nitrogens with zero attached hydrogens (tertiary/aromatic N) is 1. The first-order valence-corrected chi connectivity index (χ1v) is 8.19. The molecule has 3 nitrogen and oxygen atoms in total. The molecule has 112 valence electrons. The number of hydrogen-bond acceptors (Lipinski definition) is 4. The van der Waals surface area contributed by atoms with Gasteiger partial charge in [0.2, 0.25) is 0 Å². The van der Waals surface area contributed by atoms with E-state index in [1.54, 1.807) is 7.11 Å². The molecule has 0 unspecified atom stereocenters. The van der Waals surface area contributed by atoms with Gasteiger partial charge in [-0.25, -0.2) is 0 Å².